The molecule has 0 bridgehead atoms. The Kier molecular flexibility index (Phi) is 4.15. The molecule has 2 unspecified atom stereocenters. The maximum atomic E-state index is 12.4. The van der Waals surface area contributed by atoms with Crippen molar-refractivity contribution in [1.82, 2.24) is 5.32 Å². The van der Waals surface area contributed by atoms with Crippen LogP contribution in [0, 0.1) is 0 Å². The Morgan fingerprint density at radius 1 is 1.05 bits per heavy atom. The van der Waals surface area contributed by atoms with Gasteiger partial charge in [0.1, 0.15) is 5.75 Å². The Morgan fingerprint density at radius 2 is 1.76 bits per heavy atom. The van der Waals surface area contributed by atoms with Crippen LogP contribution in [0.25, 0.3) is 0 Å². The van der Waals surface area contributed by atoms with E-state index in [0.717, 1.165) is 12.0 Å². The highest BCUT2D eigenvalue weighted by atomic mass is 19.3. The maximum absolute atomic E-state index is 12.4. The molecule has 0 aliphatic heterocycles. The van der Waals surface area contributed by atoms with E-state index in [0.29, 0.717) is 18.5 Å². The molecule has 0 radical (unpaired) electrons. The first-order valence-electron chi connectivity index (χ1n) is 7.05. The van der Waals surface area contributed by atoms with E-state index < -0.39 is 6.61 Å². The molecular weight excluding hydrogens is 272 g/mol. The fraction of sp³-hybridized carbons (Fsp3) is 0.294. The lowest BCUT2D eigenvalue weighted by molar-refractivity contribution is -0.0504. The number of para-hydroxylation sites is 1. The Labute approximate surface area is 122 Å². The fourth-order valence-electron chi connectivity index (χ4n) is 2.59. The Morgan fingerprint density at radius 3 is 2.52 bits per heavy atom. The van der Waals surface area contributed by atoms with Crippen LogP contribution in [0.3, 0.4) is 0 Å². The van der Waals surface area contributed by atoms with Crippen molar-refractivity contribution in [2.24, 2.45) is 0 Å². The van der Waals surface area contributed by atoms with Gasteiger partial charge in [0.05, 0.1) is 0 Å². The minimum atomic E-state index is -2.79. The monoisotopic (exact) mass is 289 g/mol. The third-order valence-corrected chi connectivity index (χ3v) is 3.76. The molecule has 2 aromatic rings. The smallest absolute Gasteiger partial charge is 0.387 e. The van der Waals surface area contributed by atoms with E-state index in [1.165, 1.54) is 5.56 Å². The predicted molar refractivity (Wildman–Crippen MR) is 77.5 cm³/mol. The first-order chi connectivity index (χ1) is 10.2. The summed E-state index contributed by atoms with van der Waals surface area (Å²) in [4.78, 5) is 0. The molecule has 1 N–H and O–H groups in total. The Balaban J connectivity index is 1.57. The zero-order chi connectivity index (χ0) is 14.7. The summed E-state index contributed by atoms with van der Waals surface area (Å²) in [6, 6.07) is 17.7. The van der Waals surface area contributed by atoms with Gasteiger partial charge in [-0.25, -0.2) is 0 Å². The van der Waals surface area contributed by atoms with Crippen molar-refractivity contribution in [2.75, 3.05) is 0 Å². The topological polar surface area (TPSA) is 21.3 Å². The molecular formula is C17H17F2NO. The highest BCUT2D eigenvalue weighted by molar-refractivity contribution is 5.34. The molecule has 21 heavy (non-hydrogen) atoms. The van der Waals surface area contributed by atoms with Crippen molar-refractivity contribution in [1.29, 1.82) is 0 Å². The number of benzene rings is 2. The molecule has 1 saturated carbocycles. The molecule has 2 atom stereocenters. The summed E-state index contributed by atoms with van der Waals surface area (Å²) < 4.78 is 29.2. The number of nitrogens with one attached hydrogen (secondary N) is 1. The van der Waals surface area contributed by atoms with Gasteiger partial charge in [0.2, 0.25) is 0 Å². The summed E-state index contributed by atoms with van der Waals surface area (Å²) in [5, 5.41) is 3.41. The van der Waals surface area contributed by atoms with E-state index in [4.69, 9.17) is 0 Å². The Bertz CT molecular complexity index is 588. The van der Waals surface area contributed by atoms with Gasteiger partial charge in [0.25, 0.3) is 0 Å². The molecule has 4 heteroatoms. The van der Waals surface area contributed by atoms with E-state index in [9.17, 15) is 8.78 Å². The average molecular weight is 289 g/mol. The van der Waals surface area contributed by atoms with Gasteiger partial charge in [-0.3, -0.25) is 0 Å². The fourth-order valence-corrected chi connectivity index (χ4v) is 2.59. The molecule has 2 aromatic carbocycles. The number of hydrogen-bond acceptors (Lipinski definition) is 2. The molecule has 0 spiro atoms. The third-order valence-electron chi connectivity index (χ3n) is 3.76. The second-order valence-corrected chi connectivity index (χ2v) is 5.23. The Hall–Kier alpha value is -1.94. The molecule has 3 rings (SSSR count). The van der Waals surface area contributed by atoms with Gasteiger partial charge < -0.3 is 10.1 Å². The first-order valence-corrected chi connectivity index (χ1v) is 7.05. The lowest BCUT2D eigenvalue weighted by Crippen LogP contribution is -2.18. The number of halogens is 2. The predicted octanol–water partition coefficient (Wildman–Crippen LogP) is 3.93. The second-order valence-electron chi connectivity index (χ2n) is 5.23. The zero-order valence-corrected chi connectivity index (χ0v) is 11.5. The van der Waals surface area contributed by atoms with Crippen LogP contribution in [-0.2, 0) is 6.54 Å². The standard InChI is InChI=1S/C17H17F2NO/c18-17(19)21-16-9-5-4-8-13(16)11-20-15-10-14(15)12-6-2-1-3-7-12/h1-9,14-15,17,20H,10-11H2. The summed E-state index contributed by atoms with van der Waals surface area (Å²) in [6.45, 7) is -2.25. The van der Waals surface area contributed by atoms with Gasteiger partial charge in [0, 0.05) is 24.1 Å². The lowest BCUT2D eigenvalue weighted by atomic mass is 10.1. The van der Waals surface area contributed by atoms with Crippen molar-refractivity contribution in [2.45, 2.75) is 31.5 Å². The second kappa shape index (κ2) is 6.22. The summed E-state index contributed by atoms with van der Waals surface area (Å²) >= 11 is 0. The van der Waals surface area contributed by atoms with Gasteiger partial charge >= 0.3 is 6.61 Å². The SMILES string of the molecule is FC(F)Oc1ccccc1CNC1CC1c1ccccc1. The van der Waals surface area contributed by atoms with Gasteiger partial charge in [-0.2, -0.15) is 8.78 Å². The molecule has 110 valence electrons. The summed E-state index contributed by atoms with van der Waals surface area (Å²) in [5.74, 6) is 0.770. The highest BCUT2D eigenvalue weighted by Crippen LogP contribution is 2.40. The van der Waals surface area contributed by atoms with Crippen LogP contribution in [-0.4, -0.2) is 12.7 Å². The number of ether oxygens (including phenoxy) is 1. The molecule has 0 heterocycles. The highest BCUT2D eigenvalue weighted by Gasteiger charge is 2.37. The van der Waals surface area contributed by atoms with Crippen molar-refractivity contribution in [3.63, 3.8) is 0 Å². The van der Waals surface area contributed by atoms with Crippen molar-refractivity contribution in [3.05, 3.63) is 65.7 Å². The lowest BCUT2D eigenvalue weighted by Gasteiger charge is -2.11. The minimum absolute atomic E-state index is 0.247. The number of rotatable bonds is 6. The molecule has 1 fully saturated rings. The molecule has 1 aliphatic rings. The average Bonchev–Trinajstić information content (AvgIpc) is 3.26. The van der Waals surface area contributed by atoms with Crippen molar-refractivity contribution >= 4 is 0 Å². The van der Waals surface area contributed by atoms with Crippen molar-refractivity contribution < 1.29 is 13.5 Å². The maximum Gasteiger partial charge on any atom is 0.387 e. The van der Waals surface area contributed by atoms with Crippen LogP contribution < -0.4 is 10.1 Å². The van der Waals surface area contributed by atoms with E-state index in [-0.39, 0.29) is 5.75 Å². The normalized spacial score (nSPS) is 20.5. The van der Waals surface area contributed by atoms with Crippen LogP contribution >= 0.6 is 0 Å². The first kappa shape index (κ1) is 14.0. The molecule has 0 amide bonds. The summed E-state index contributed by atoms with van der Waals surface area (Å²) in [7, 11) is 0. The van der Waals surface area contributed by atoms with Crippen LogP contribution in [0.2, 0.25) is 0 Å². The molecule has 0 saturated heterocycles. The third kappa shape index (κ3) is 3.58. The van der Waals surface area contributed by atoms with E-state index >= 15 is 0 Å². The number of alkyl halides is 2. The van der Waals surface area contributed by atoms with Gasteiger partial charge in [-0.1, -0.05) is 48.5 Å². The number of hydrogen-bond donors (Lipinski definition) is 1. The largest absolute Gasteiger partial charge is 0.434 e. The molecule has 1 aliphatic carbocycles. The van der Waals surface area contributed by atoms with Crippen LogP contribution in [0.15, 0.2) is 54.6 Å². The van der Waals surface area contributed by atoms with E-state index in [2.05, 4.69) is 22.2 Å². The van der Waals surface area contributed by atoms with Crippen LogP contribution in [0.1, 0.15) is 23.5 Å². The quantitative estimate of drug-likeness (QED) is 0.870. The summed E-state index contributed by atoms with van der Waals surface area (Å²) in [6.07, 6.45) is 1.09. The van der Waals surface area contributed by atoms with Crippen LogP contribution in [0.4, 0.5) is 8.78 Å². The zero-order valence-electron chi connectivity index (χ0n) is 11.5. The molecule has 2 nitrogen and oxygen atoms in total. The van der Waals surface area contributed by atoms with Crippen molar-refractivity contribution in [3.8, 4) is 5.75 Å². The van der Waals surface area contributed by atoms with Crippen LogP contribution in [0.5, 0.6) is 5.75 Å². The molecule has 0 aromatic heterocycles. The van der Waals surface area contributed by atoms with E-state index in [1.54, 1.807) is 12.1 Å². The minimum Gasteiger partial charge on any atom is -0.434 e. The summed E-state index contributed by atoms with van der Waals surface area (Å²) in [5.41, 5.74) is 2.09. The van der Waals surface area contributed by atoms with Gasteiger partial charge in [-0.15, -0.1) is 0 Å². The van der Waals surface area contributed by atoms with Gasteiger partial charge in [-0.05, 0) is 18.1 Å². The van der Waals surface area contributed by atoms with E-state index in [1.807, 2.05) is 30.3 Å². The van der Waals surface area contributed by atoms with Gasteiger partial charge in [0.15, 0.2) is 0 Å².